The molecular formula is C7H14O3. The molecule has 0 unspecified atom stereocenters. The number of carboxylic acids is 1. The summed E-state index contributed by atoms with van der Waals surface area (Å²) in [6.07, 6.45) is 0.250. The van der Waals surface area contributed by atoms with E-state index in [1.54, 1.807) is 20.8 Å². The topological polar surface area (TPSA) is 57.5 Å². The molecule has 0 saturated heterocycles. The molecule has 2 N–H and O–H groups in total. The lowest BCUT2D eigenvalue weighted by molar-refractivity contribution is -0.163. The van der Waals surface area contributed by atoms with Gasteiger partial charge in [0.05, 0.1) is 0 Å². The normalized spacial score (nSPS) is 16.9. The molecule has 10 heavy (non-hydrogen) atoms. The summed E-state index contributed by atoms with van der Waals surface area (Å²) in [5.74, 6) is -1.38. The largest absolute Gasteiger partial charge is 0.479 e. The zero-order valence-corrected chi connectivity index (χ0v) is 6.59. The van der Waals surface area contributed by atoms with Gasteiger partial charge in [0.2, 0.25) is 0 Å². The van der Waals surface area contributed by atoms with Crippen LogP contribution in [0.1, 0.15) is 27.2 Å². The molecule has 0 aromatic rings. The van der Waals surface area contributed by atoms with Gasteiger partial charge in [0.15, 0.2) is 5.60 Å². The van der Waals surface area contributed by atoms with E-state index in [9.17, 15) is 9.90 Å². The SMILES string of the molecule is CC[C@](O)(C(=O)O)C(C)C. The van der Waals surface area contributed by atoms with Gasteiger partial charge in [-0.15, -0.1) is 0 Å². The van der Waals surface area contributed by atoms with Crippen LogP contribution in [0.5, 0.6) is 0 Å². The van der Waals surface area contributed by atoms with Gasteiger partial charge in [-0.1, -0.05) is 20.8 Å². The summed E-state index contributed by atoms with van der Waals surface area (Å²) in [5.41, 5.74) is -1.54. The minimum Gasteiger partial charge on any atom is -0.479 e. The molecule has 0 aromatic heterocycles. The number of carbonyl (C=O) groups is 1. The highest BCUT2D eigenvalue weighted by Crippen LogP contribution is 2.20. The minimum absolute atomic E-state index is 0.241. The third kappa shape index (κ3) is 1.48. The number of rotatable bonds is 3. The first-order valence-corrected chi connectivity index (χ1v) is 3.41. The van der Waals surface area contributed by atoms with E-state index >= 15 is 0 Å². The van der Waals surface area contributed by atoms with Crippen LogP contribution >= 0.6 is 0 Å². The van der Waals surface area contributed by atoms with Crippen LogP contribution in [-0.2, 0) is 4.79 Å². The van der Waals surface area contributed by atoms with Crippen LogP contribution in [0.15, 0.2) is 0 Å². The molecule has 0 bridgehead atoms. The first-order chi connectivity index (χ1) is 4.45. The molecule has 3 heteroatoms. The Labute approximate surface area is 60.7 Å². The Morgan fingerprint density at radius 3 is 2.00 bits per heavy atom. The van der Waals surface area contributed by atoms with Crippen LogP contribution in [0.2, 0.25) is 0 Å². The van der Waals surface area contributed by atoms with Gasteiger partial charge < -0.3 is 10.2 Å². The molecule has 0 spiro atoms. The number of aliphatic carboxylic acids is 1. The summed E-state index contributed by atoms with van der Waals surface area (Å²) in [6, 6.07) is 0. The van der Waals surface area contributed by atoms with Gasteiger partial charge in [0.25, 0.3) is 0 Å². The maximum absolute atomic E-state index is 10.4. The fourth-order valence-electron chi connectivity index (χ4n) is 0.806. The van der Waals surface area contributed by atoms with E-state index in [1.807, 2.05) is 0 Å². The summed E-state index contributed by atoms with van der Waals surface area (Å²) < 4.78 is 0. The van der Waals surface area contributed by atoms with Crippen molar-refractivity contribution in [3.8, 4) is 0 Å². The van der Waals surface area contributed by atoms with E-state index < -0.39 is 11.6 Å². The lowest BCUT2D eigenvalue weighted by Gasteiger charge is -2.25. The van der Waals surface area contributed by atoms with E-state index in [0.29, 0.717) is 0 Å². The Bertz CT molecular complexity index is 131. The van der Waals surface area contributed by atoms with E-state index in [1.165, 1.54) is 0 Å². The van der Waals surface area contributed by atoms with Gasteiger partial charge in [-0.05, 0) is 12.3 Å². The molecule has 0 aromatic carbocycles. The highest BCUT2D eigenvalue weighted by atomic mass is 16.4. The van der Waals surface area contributed by atoms with Crippen molar-refractivity contribution in [1.82, 2.24) is 0 Å². The molecule has 3 nitrogen and oxygen atoms in total. The van der Waals surface area contributed by atoms with Gasteiger partial charge in [-0.2, -0.15) is 0 Å². The van der Waals surface area contributed by atoms with Crippen LogP contribution < -0.4 is 0 Å². The summed E-state index contributed by atoms with van der Waals surface area (Å²) in [7, 11) is 0. The Morgan fingerprint density at radius 1 is 1.60 bits per heavy atom. The molecule has 0 heterocycles. The summed E-state index contributed by atoms with van der Waals surface area (Å²) in [4.78, 5) is 10.4. The van der Waals surface area contributed by atoms with E-state index in [0.717, 1.165) is 0 Å². The van der Waals surface area contributed by atoms with Gasteiger partial charge in [0, 0.05) is 0 Å². The average molecular weight is 146 g/mol. The van der Waals surface area contributed by atoms with Crippen molar-refractivity contribution in [3.63, 3.8) is 0 Å². The van der Waals surface area contributed by atoms with Crippen LogP contribution in [0.3, 0.4) is 0 Å². The zero-order valence-electron chi connectivity index (χ0n) is 6.59. The van der Waals surface area contributed by atoms with E-state index in [2.05, 4.69) is 0 Å². The fraction of sp³-hybridized carbons (Fsp3) is 0.857. The summed E-state index contributed by atoms with van der Waals surface area (Å²) in [5, 5.41) is 17.9. The molecule has 0 aliphatic heterocycles. The van der Waals surface area contributed by atoms with E-state index in [-0.39, 0.29) is 12.3 Å². The molecular weight excluding hydrogens is 132 g/mol. The summed E-state index contributed by atoms with van der Waals surface area (Å²) in [6.45, 7) is 5.04. The molecule has 60 valence electrons. The third-order valence-corrected chi connectivity index (χ3v) is 1.86. The van der Waals surface area contributed by atoms with Crippen LogP contribution in [0, 0.1) is 5.92 Å². The minimum atomic E-state index is -1.54. The first kappa shape index (κ1) is 9.43. The molecule has 0 aliphatic rings. The number of carboxylic acid groups (broad SMARTS) is 1. The second kappa shape index (κ2) is 3.01. The second-order valence-electron chi connectivity index (χ2n) is 2.74. The Morgan fingerprint density at radius 2 is 2.00 bits per heavy atom. The number of hydrogen-bond donors (Lipinski definition) is 2. The molecule has 0 rings (SSSR count). The highest BCUT2D eigenvalue weighted by molar-refractivity contribution is 5.77. The van der Waals surface area contributed by atoms with Gasteiger partial charge in [-0.25, -0.2) is 4.79 Å². The van der Waals surface area contributed by atoms with Crippen LogP contribution in [-0.4, -0.2) is 21.8 Å². The van der Waals surface area contributed by atoms with Gasteiger partial charge >= 0.3 is 5.97 Å². The molecule has 0 fully saturated rings. The Balaban J connectivity index is 4.38. The van der Waals surface area contributed by atoms with Gasteiger partial charge in [0.1, 0.15) is 0 Å². The second-order valence-corrected chi connectivity index (χ2v) is 2.74. The first-order valence-electron chi connectivity index (χ1n) is 3.41. The Kier molecular flexibility index (Phi) is 2.84. The molecule has 0 aliphatic carbocycles. The highest BCUT2D eigenvalue weighted by Gasteiger charge is 2.37. The number of hydrogen-bond acceptors (Lipinski definition) is 2. The molecule has 0 saturated carbocycles. The fourth-order valence-corrected chi connectivity index (χ4v) is 0.806. The maximum Gasteiger partial charge on any atom is 0.335 e. The lowest BCUT2D eigenvalue weighted by Crippen LogP contribution is -2.42. The third-order valence-electron chi connectivity index (χ3n) is 1.86. The van der Waals surface area contributed by atoms with E-state index in [4.69, 9.17) is 5.11 Å². The van der Waals surface area contributed by atoms with Crippen LogP contribution in [0.25, 0.3) is 0 Å². The number of aliphatic hydroxyl groups is 1. The Hall–Kier alpha value is -0.570. The maximum atomic E-state index is 10.4. The standard InChI is InChI=1S/C7H14O3/c1-4-7(10,5(2)3)6(8)9/h5,10H,4H2,1-3H3,(H,8,9)/t7-/m1/s1. The quantitative estimate of drug-likeness (QED) is 0.621. The van der Waals surface area contributed by atoms with Crippen LogP contribution in [0.4, 0.5) is 0 Å². The van der Waals surface area contributed by atoms with Crippen molar-refractivity contribution < 1.29 is 15.0 Å². The predicted molar refractivity (Wildman–Crippen MR) is 37.7 cm³/mol. The van der Waals surface area contributed by atoms with Crippen molar-refractivity contribution >= 4 is 5.97 Å². The van der Waals surface area contributed by atoms with Crippen molar-refractivity contribution in [1.29, 1.82) is 0 Å². The lowest BCUT2D eigenvalue weighted by atomic mass is 9.88. The molecule has 1 atom stereocenters. The molecule has 0 radical (unpaired) electrons. The average Bonchev–Trinajstić information content (AvgIpc) is 1.85. The van der Waals surface area contributed by atoms with Crippen molar-refractivity contribution in [2.24, 2.45) is 5.92 Å². The zero-order chi connectivity index (χ0) is 8.36. The summed E-state index contributed by atoms with van der Waals surface area (Å²) >= 11 is 0. The van der Waals surface area contributed by atoms with Crippen molar-refractivity contribution in [3.05, 3.63) is 0 Å². The van der Waals surface area contributed by atoms with Crippen molar-refractivity contribution in [2.45, 2.75) is 32.8 Å². The monoisotopic (exact) mass is 146 g/mol. The molecule has 0 amide bonds. The van der Waals surface area contributed by atoms with Crippen molar-refractivity contribution in [2.75, 3.05) is 0 Å². The predicted octanol–water partition coefficient (Wildman–Crippen LogP) is 0.868. The smallest absolute Gasteiger partial charge is 0.335 e. The van der Waals surface area contributed by atoms with Gasteiger partial charge in [-0.3, -0.25) is 0 Å².